The Bertz CT molecular complexity index is 414. The number of rotatable bonds is 5. The first kappa shape index (κ1) is 13.1. The summed E-state index contributed by atoms with van der Waals surface area (Å²) in [5, 5.41) is 12.3. The third-order valence-electron chi connectivity index (χ3n) is 1.79. The predicted molar refractivity (Wildman–Crippen MR) is 50.3 cm³/mol. The van der Waals surface area contributed by atoms with Crippen LogP contribution in [0.15, 0.2) is 18.3 Å². The summed E-state index contributed by atoms with van der Waals surface area (Å²) in [5.74, 6) is -4.96. The monoisotopic (exact) mass is 253 g/mol. The molecule has 0 aliphatic heterocycles. The lowest BCUT2D eigenvalue weighted by Gasteiger charge is -2.16. The molecule has 0 atom stereocenters. The van der Waals surface area contributed by atoms with Crippen molar-refractivity contribution in [2.24, 2.45) is 0 Å². The van der Waals surface area contributed by atoms with Crippen LogP contribution in [0.5, 0.6) is 0 Å². The third-order valence-corrected chi connectivity index (χ3v) is 1.79. The van der Waals surface area contributed by atoms with Gasteiger partial charge in [-0.05, 0) is 22.0 Å². The average molecular weight is 253 g/mol. The summed E-state index contributed by atoms with van der Waals surface area (Å²) < 4.78 is 48.8. The molecule has 5 nitrogen and oxygen atoms in total. The summed E-state index contributed by atoms with van der Waals surface area (Å²) in [6.45, 7) is -1.41. The van der Waals surface area contributed by atoms with E-state index in [0.29, 0.717) is 0 Å². The first-order chi connectivity index (χ1) is 7.84. The first-order valence-corrected chi connectivity index (χ1v) is 4.34. The molecule has 0 radical (unpaired) electrons. The fraction of sp³-hybridized carbons (Fsp3) is 0.375. The van der Waals surface area contributed by atoms with Crippen LogP contribution in [-0.2, 0) is 0 Å². The number of alkyl halides is 4. The molecular formula is C8H7F4N3O2. The molecule has 0 aromatic carbocycles. The molecule has 9 heteroatoms. The van der Waals surface area contributed by atoms with E-state index in [-0.39, 0.29) is 5.69 Å². The van der Waals surface area contributed by atoms with Crippen LogP contribution in [0.4, 0.5) is 29.1 Å². The lowest BCUT2D eigenvalue weighted by molar-refractivity contribution is -0.388. The van der Waals surface area contributed by atoms with Crippen molar-refractivity contribution < 1.29 is 22.5 Å². The number of hydrogen-bond acceptors (Lipinski definition) is 4. The molecule has 1 heterocycles. The number of pyridine rings is 1. The van der Waals surface area contributed by atoms with Gasteiger partial charge in [-0.15, -0.1) is 0 Å². The van der Waals surface area contributed by atoms with Gasteiger partial charge in [0.05, 0.1) is 6.54 Å². The Kier molecular flexibility index (Phi) is 3.81. The van der Waals surface area contributed by atoms with Crippen LogP contribution < -0.4 is 5.32 Å². The van der Waals surface area contributed by atoms with Crippen molar-refractivity contribution in [2.45, 2.75) is 12.3 Å². The quantitative estimate of drug-likeness (QED) is 0.496. The van der Waals surface area contributed by atoms with E-state index in [2.05, 4.69) is 4.98 Å². The third kappa shape index (κ3) is 3.26. The second-order valence-electron chi connectivity index (χ2n) is 3.05. The molecule has 1 rings (SSSR count). The van der Waals surface area contributed by atoms with Gasteiger partial charge in [-0.3, -0.25) is 0 Å². The Balaban J connectivity index is 2.79. The molecule has 17 heavy (non-hydrogen) atoms. The molecule has 1 aromatic heterocycles. The minimum atomic E-state index is -4.26. The van der Waals surface area contributed by atoms with E-state index in [4.69, 9.17) is 0 Å². The van der Waals surface area contributed by atoms with Crippen molar-refractivity contribution in [3.05, 3.63) is 28.4 Å². The fourth-order valence-electron chi connectivity index (χ4n) is 0.971. The highest BCUT2D eigenvalue weighted by Crippen LogP contribution is 2.26. The van der Waals surface area contributed by atoms with E-state index in [0.717, 1.165) is 12.3 Å². The molecule has 1 aromatic rings. The largest absolute Gasteiger partial charge is 0.386 e. The molecule has 94 valence electrons. The van der Waals surface area contributed by atoms with Crippen LogP contribution in [0, 0.1) is 10.1 Å². The van der Waals surface area contributed by atoms with Gasteiger partial charge in [0.25, 0.3) is 0 Å². The van der Waals surface area contributed by atoms with Gasteiger partial charge >= 0.3 is 18.2 Å². The molecule has 0 aliphatic carbocycles. The van der Waals surface area contributed by atoms with Crippen LogP contribution in [-0.4, -0.2) is 28.8 Å². The summed E-state index contributed by atoms with van der Waals surface area (Å²) in [6, 6.07) is 2.36. The molecule has 1 N–H and O–H groups in total. The maximum Gasteiger partial charge on any atom is 0.386 e. The summed E-state index contributed by atoms with van der Waals surface area (Å²) in [5.41, 5.74) is -0.335. The zero-order valence-electron chi connectivity index (χ0n) is 8.24. The Labute approximate surface area is 92.6 Å². The van der Waals surface area contributed by atoms with Gasteiger partial charge in [0, 0.05) is 0 Å². The van der Waals surface area contributed by atoms with Gasteiger partial charge in [0.1, 0.15) is 11.9 Å². The minimum absolute atomic E-state index is 0.335. The van der Waals surface area contributed by atoms with E-state index in [1.807, 2.05) is 5.32 Å². The van der Waals surface area contributed by atoms with E-state index in [9.17, 15) is 27.7 Å². The van der Waals surface area contributed by atoms with E-state index in [1.165, 1.54) is 6.07 Å². The molecule has 0 bridgehead atoms. The normalized spacial score (nSPS) is 11.6. The molecule has 0 unspecified atom stereocenters. The van der Waals surface area contributed by atoms with Gasteiger partial charge in [-0.2, -0.15) is 8.78 Å². The summed E-state index contributed by atoms with van der Waals surface area (Å²) in [4.78, 5) is 12.9. The van der Waals surface area contributed by atoms with Crippen LogP contribution in [0.1, 0.15) is 0 Å². The van der Waals surface area contributed by atoms with E-state index in [1.54, 1.807) is 0 Å². The number of nitrogens with one attached hydrogen (secondary N) is 1. The lowest BCUT2D eigenvalue weighted by Crippen LogP contribution is -2.35. The Hall–Kier alpha value is -1.93. The van der Waals surface area contributed by atoms with Crippen molar-refractivity contribution in [1.82, 2.24) is 4.98 Å². The number of hydrogen-bond donors (Lipinski definition) is 1. The van der Waals surface area contributed by atoms with Crippen LogP contribution in [0.25, 0.3) is 0 Å². The zero-order valence-corrected chi connectivity index (χ0v) is 8.24. The first-order valence-electron chi connectivity index (χ1n) is 4.34. The van der Waals surface area contributed by atoms with Gasteiger partial charge in [-0.25, -0.2) is 8.78 Å². The van der Waals surface area contributed by atoms with Gasteiger partial charge in [0.2, 0.25) is 0 Å². The van der Waals surface area contributed by atoms with Crippen LogP contribution in [0.3, 0.4) is 0 Å². The van der Waals surface area contributed by atoms with Gasteiger partial charge < -0.3 is 15.4 Å². The highest BCUT2D eigenvalue weighted by Gasteiger charge is 2.40. The second-order valence-corrected chi connectivity index (χ2v) is 3.05. The Morgan fingerprint density at radius 1 is 1.53 bits per heavy atom. The lowest BCUT2D eigenvalue weighted by atomic mass is 10.3. The topological polar surface area (TPSA) is 68.1 Å². The summed E-state index contributed by atoms with van der Waals surface area (Å²) in [7, 11) is 0. The predicted octanol–water partition coefficient (Wildman–Crippen LogP) is 2.30. The van der Waals surface area contributed by atoms with Crippen molar-refractivity contribution in [3.8, 4) is 0 Å². The SMILES string of the molecule is O=[N+]([O-])c1ncccc1NCC(F)(F)C(F)F. The number of nitrogens with zero attached hydrogens (tertiary/aromatic N) is 2. The van der Waals surface area contributed by atoms with Gasteiger partial charge in [0.15, 0.2) is 0 Å². The molecule has 0 saturated heterocycles. The number of nitro groups is 1. The fourth-order valence-corrected chi connectivity index (χ4v) is 0.971. The molecular weight excluding hydrogens is 246 g/mol. The smallest absolute Gasteiger partial charge is 0.372 e. The standard InChI is InChI=1S/C8H7F4N3O2/c9-7(10)8(11,12)4-14-5-2-1-3-13-6(5)15(16)17/h1-3,7,14H,4H2. The summed E-state index contributed by atoms with van der Waals surface area (Å²) >= 11 is 0. The number of halogens is 4. The van der Waals surface area contributed by atoms with Crippen LogP contribution >= 0.6 is 0 Å². The molecule has 0 saturated carbocycles. The van der Waals surface area contributed by atoms with E-state index >= 15 is 0 Å². The van der Waals surface area contributed by atoms with Crippen molar-refractivity contribution in [2.75, 3.05) is 11.9 Å². The van der Waals surface area contributed by atoms with Crippen molar-refractivity contribution >= 4 is 11.5 Å². The Morgan fingerprint density at radius 2 is 2.18 bits per heavy atom. The van der Waals surface area contributed by atoms with Crippen LogP contribution in [0.2, 0.25) is 0 Å². The molecule has 0 amide bonds. The minimum Gasteiger partial charge on any atom is -0.372 e. The van der Waals surface area contributed by atoms with Gasteiger partial charge in [-0.1, -0.05) is 0 Å². The van der Waals surface area contributed by atoms with Crippen molar-refractivity contribution in [1.29, 1.82) is 0 Å². The summed E-state index contributed by atoms with van der Waals surface area (Å²) in [6.07, 6.45) is -2.75. The van der Waals surface area contributed by atoms with E-state index < -0.39 is 29.6 Å². The molecule has 0 aliphatic rings. The maximum atomic E-state index is 12.6. The number of aromatic nitrogens is 1. The number of anilines is 1. The second kappa shape index (κ2) is 4.93. The maximum absolute atomic E-state index is 12.6. The molecule has 0 spiro atoms. The highest BCUT2D eigenvalue weighted by atomic mass is 19.3. The van der Waals surface area contributed by atoms with Crippen molar-refractivity contribution in [3.63, 3.8) is 0 Å². The highest BCUT2D eigenvalue weighted by molar-refractivity contribution is 5.56. The zero-order chi connectivity index (χ0) is 13.1. The Morgan fingerprint density at radius 3 is 2.71 bits per heavy atom. The molecule has 0 fully saturated rings. The average Bonchev–Trinajstić information content (AvgIpc) is 2.26.